The third kappa shape index (κ3) is 4.58. The lowest BCUT2D eigenvalue weighted by atomic mass is 10.1. The zero-order valence-corrected chi connectivity index (χ0v) is 12.5. The number of halogens is 2. The molecule has 2 N–H and O–H groups in total. The standard InChI is InChI=1S/C14H18BrFN2O/c1-9(10-2-5-13(16)12(15)8-10)17-7-6-14(19)18-11-3-4-11/h2,5,8-9,11,17H,3-4,6-7H2,1H3,(H,18,19). The first-order valence-corrected chi connectivity index (χ1v) is 7.33. The Bertz CT molecular complexity index is 463. The minimum Gasteiger partial charge on any atom is -0.353 e. The van der Waals surface area contributed by atoms with Crippen molar-refractivity contribution in [3.63, 3.8) is 0 Å². The Kier molecular flexibility index (Phi) is 4.93. The van der Waals surface area contributed by atoms with E-state index in [1.54, 1.807) is 12.1 Å². The SMILES string of the molecule is CC(NCCC(=O)NC1CC1)c1ccc(F)c(Br)c1. The Labute approximate surface area is 121 Å². The molecule has 5 heteroatoms. The zero-order chi connectivity index (χ0) is 13.8. The van der Waals surface area contributed by atoms with E-state index in [-0.39, 0.29) is 17.8 Å². The third-order valence-electron chi connectivity index (χ3n) is 3.19. The predicted molar refractivity (Wildman–Crippen MR) is 76.3 cm³/mol. The second kappa shape index (κ2) is 6.48. The lowest BCUT2D eigenvalue weighted by Gasteiger charge is -2.14. The van der Waals surface area contributed by atoms with Gasteiger partial charge in [-0.3, -0.25) is 4.79 Å². The van der Waals surface area contributed by atoms with E-state index in [9.17, 15) is 9.18 Å². The molecule has 104 valence electrons. The molecule has 0 aliphatic heterocycles. The van der Waals surface area contributed by atoms with Crippen molar-refractivity contribution in [3.05, 3.63) is 34.1 Å². The van der Waals surface area contributed by atoms with E-state index in [0.29, 0.717) is 23.5 Å². The smallest absolute Gasteiger partial charge is 0.221 e. The molecule has 1 amide bonds. The fourth-order valence-electron chi connectivity index (χ4n) is 1.83. The highest BCUT2D eigenvalue weighted by Crippen LogP contribution is 2.21. The topological polar surface area (TPSA) is 41.1 Å². The summed E-state index contributed by atoms with van der Waals surface area (Å²) in [5, 5.41) is 6.21. The second-order valence-corrected chi connectivity index (χ2v) is 5.80. The number of carbonyl (C=O) groups is 1. The molecule has 0 spiro atoms. The first kappa shape index (κ1) is 14.5. The minimum absolute atomic E-state index is 0.0885. The molecule has 19 heavy (non-hydrogen) atoms. The first-order chi connectivity index (χ1) is 9.06. The van der Waals surface area contributed by atoms with E-state index in [2.05, 4.69) is 26.6 Å². The van der Waals surface area contributed by atoms with Gasteiger partial charge in [0.05, 0.1) is 4.47 Å². The van der Waals surface area contributed by atoms with Crippen LogP contribution in [0.25, 0.3) is 0 Å². The van der Waals surface area contributed by atoms with Crippen molar-refractivity contribution < 1.29 is 9.18 Å². The van der Waals surface area contributed by atoms with Gasteiger partial charge in [-0.1, -0.05) is 6.07 Å². The van der Waals surface area contributed by atoms with Crippen LogP contribution in [0.2, 0.25) is 0 Å². The molecular weight excluding hydrogens is 311 g/mol. The lowest BCUT2D eigenvalue weighted by Crippen LogP contribution is -2.30. The normalized spacial score (nSPS) is 16.2. The van der Waals surface area contributed by atoms with Crippen molar-refractivity contribution >= 4 is 21.8 Å². The van der Waals surface area contributed by atoms with Gasteiger partial charge in [0, 0.05) is 25.0 Å². The quantitative estimate of drug-likeness (QED) is 0.843. The molecule has 0 radical (unpaired) electrons. The van der Waals surface area contributed by atoms with E-state index in [1.807, 2.05) is 6.92 Å². The molecule has 3 nitrogen and oxygen atoms in total. The average Bonchev–Trinajstić information content (AvgIpc) is 3.16. The van der Waals surface area contributed by atoms with Crippen molar-refractivity contribution in [2.24, 2.45) is 0 Å². The zero-order valence-electron chi connectivity index (χ0n) is 10.9. The average molecular weight is 329 g/mol. The van der Waals surface area contributed by atoms with Gasteiger partial charge in [0.1, 0.15) is 5.82 Å². The van der Waals surface area contributed by atoms with E-state index in [0.717, 1.165) is 18.4 Å². The molecule has 0 aromatic heterocycles. The minimum atomic E-state index is -0.264. The van der Waals surface area contributed by atoms with E-state index in [1.165, 1.54) is 6.07 Å². The predicted octanol–water partition coefficient (Wildman–Crippen LogP) is 2.91. The molecular formula is C14H18BrFN2O. The number of hydrogen-bond acceptors (Lipinski definition) is 2. The van der Waals surface area contributed by atoms with Gasteiger partial charge in [-0.25, -0.2) is 4.39 Å². The van der Waals surface area contributed by atoms with Crippen LogP contribution in [0.3, 0.4) is 0 Å². The van der Waals surface area contributed by atoms with Crippen LogP contribution in [0, 0.1) is 5.82 Å². The Morgan fingerprint density at radius 2 is 2.26 bits per heavy atom. The molecule has 1 fully saturated rings. The summed E-state index contributed by atoms with van der Waals surface area (Å²) < 4.78 is 13.6. The van der Waals surface area contributed by atoms with Crippen LogP contribution in [0.4, 0.5) is 4.39 Å². The van der Waals surface area contributed by atoms with Gasteiger partial charge >= 0.3 is 0 Å². The molecule has 1 aliphatic rings. The molecule has 1 unspecified atom stereocenters. The molecule has 1 saturated carbocycles. The summed E-state index contributed by atoms with van der Waals surface area (Å²) in [7, 11) is 0. The number of rotatable bonds is 6. The summed E-state index contributed by atoms with van der Waals surface area (Å²) in [4.78, 5) is 11.5. The number of nitrogens with one attached hydrogen (secondary N) is 2. The maximum Gasteiger partial charge on any atom is 0.221 e. The third-order valence-corrected chi connectivity index (χ3v) is 3.80. The molecule has 1 aliphatic carbocycles. The van der Waals surface area contributed by atoms with E-state index >= 15 is 0 Å². The largest absolute Gasteiger partial charge is 0.353 e. The molecule has 0 saturated heterocycles. The Morgan fingerprint density at radius 3 is 2.89 bits per heavy atom. The van der Waals surface area contributed by atoms with Crippen LogP contribution in [-0.2, 0) is 4.79 Å². The lowest BCUT2D eigenvalue weighted by molar-refractivity contribution is -0.121. The van der Waals surface area contributed by atoms with Crippen molar-refractivity contribution in [1.29, 1.82) is 0 Å². The molecule has 2 rings (SSSR count). The summed E-state index contributed by atoms with van der Waals surface area (Å²) in [5.74, 6) is -0.165. The fourth-order valence-corrected chi connectivity index (χ4v) is 2.23. The van der Waals surface area contributed by atoms with Gasteiger partial charge in [0.15, 0.2) is 0 Å². The van der Waals surface area contributed by atoms with Gasteiger partial charge in [-0.05, 0) is 53.4 Å². The van der Waals surface area contributed by atoms with Crippen LogP contribution in [0.15, 0.2) is 22.7 Å². The molecule has 0 bridgehead atoms. The van der Waals surface area contributed by atoms with Gasteiger partial charge in [0.25, 0.3) is 0 Å². The second-order valence-electron chi connectivity index (χ2n) is 4.94. The van der Waals surface area contributed by atoms with Gasteiger partial charge < -0.3 is 10.6 Å². The van der Waals surface area contributed by atoms with Gasteiger partial charge in [-0.15, -0.1) is 0 Å². The molecule has 0 heterocycles. The number of carbonyl (C=O) groups excluding carboxylic acids is 1. The first-order valence-electron chi connectivity index (χ1n) is 6.54. The van der Waals surface area contributed by atoms with Crippen molar-refractivity contribution in [3.8, 4) is 0 Å². The summed E-state index contributed by atoms with van der Waals surface area (Å²) in [5.41, 5.74) is 0.996. The molecule has 1 aromatic carbocycles. The van der Waals surface area contributed by atoms with Gasteiger partial charge in [0.2, 0.25) is 5.91 Å². The van der Waals surface area contributed by atoms with E-state index < -0.39 is 0 Å². The summed E-state index contributed by atoms with van der Waals surface area (Å²) >= 11 is 3.17. The Balaban J connectivity index is 1.75. The Morgan fingerprint density at radius 1 is 1.53 bits per heavy atom. The van der Waals surface area contributed by atoms with Crippen molar-refractivity contribution in [2.45, 2.75) is 38.3 Å². The number of benzene rings is 1. The maximum absolute atomic E-state index is 13.1. The monoisotopic (exact) mass is 328 g/mol. The molecule has 1 aromatic rings. The Hall–Kier alpha value is -0.940. The van der Waals surface area contributed by atoms with Crippen LogP contribution >= 0.6 is 15.9 Å². The summed E-state index contributed by atoms with van der Waals surface area (Å²) in [6.07, 6.45) is 2.70. The van der Waals surface area contributed by atoms with Crippen LogP contribution < -0.4 is 10.6 Å². The van der Waals surface area contributed by atoms with Crippen LogP contribution in [0.1, 0.15) is 37.8 Å². The number of hydrogen-bond donors (Lipinski definition) is 2. The highest BCUT2D eigenvalue weighted by Gasteiger charge is 2.22. The van der Waals surface area contributed by atoms with Crippen molar-refractivity contribution in [2.75, 3.05) is 6.54 Å². The van der Waals surface area contributed by atoms with Crippen LogP contribution in [-0.4, -0.2) is 18.5 Å². The van der Waals surface area contributed by atoms with Gasteiger partial charge in [-0.2, -0.15) is 0 Å². The summed E-state index contributed by atoms with van der Waals surface area (Å²) in [6, 6.07) is 5.46. The van der Waals surface area contributed by atoms with Crippen LogP contribution in [0.5, 0.6) is 0 Å². The highest BCUT2D eigenvalue weighted by molar-refractivity contribution is 9.10. The summed E-state index contributed by atoms with van der Waals surface area (Å²) in [6.45, 7) is 2.62. The van der Waals surface area contributed by atoms with E-state index in [4.69, 9.17) is 0 Å². The maximum atomic E-state index is 13.1. The number of amides is 1. The van der Waals surface area contributed by atoms with Crippen molar-refractivity contribution in [1.82, 2.24) is 10.6 Å². The molecule has 1 atom stereocenters. The highest BCUT2D eigenvalue weighted by atomic mass is 79.9. The fraction of sp³-hybridized carbons (Fsp3) is 0.500.